The summed E-state index contributed by atoms with van der Waals surface area (Å²) in [6.07, 6.45) is 0. The summed E-state index contributed by atoms with van der Waals surface area (Å²) in [6.45, 7) is 0.00854. The minimum absolute atomic E-state index is 0.000288. The van der Waals surface area contributed by atoms with E-state index < -0.39 is 25.1 Å². The Labute approximate surface area is 142 Å². The number of nitrogens with zero attached hydrogens (tertiary/aromatic N) is 2. The van der Waals surface area contributed by atoms with E-state index in [0.717, 1.165) is 11.8 Å². The summed E-state index contributed by atoms with van der Waals surface area (Å²) in [5.74, 6) is -1.53. The van der Waals surface area contributed by atoms with Gasteiger partial charge < -0.3 is 14.8 Å². The van der Waals surface area contributed by atoms with E-state index in [9.17, 15) is 18.4 Å². The molecule has 25 heavy (non-hydrogen) atoms. The highest BCUT2D eigenvalue weighted by Gasteiger charge is 2.15. The van der Waals surface area contributed by atoms with Crippen LogP contribution in [0.2, 0.25) is 0 Å². The second kappa shape index (κ2) is 7.73. The molecule has 0 radical (unpaired) electrons. The molecule has 1 aromatic heterocycles. The van der Waals surface area contributed by atoms with Crippen molar-refractivity contribution in [3.63, 3.8) is 0 Å². The average molecular weight is 353 g/mol. The van der Waals surface area contributed by atoms with E-state index in [1.54, 1.807) is 25.6 Å². The fourth-order valence-corrected chi connectivity index (χ4v) is 2.14. The van der Waals surface area contributed by atoms with Crippen LogP contribution in [0, 0.1) is 13.8 Å². The number of benzene rings is 1. The number of hydrogen-bond donors (Lipinski definition) is 1. The molecule has 7 nitrogen and oxygen atoms in total. The molecule has 1 N–H and O–H groups in total. The van der Waals surface area contributed by atoms with Crippen molar-refractivity contribution in [3.05, 3.63) is 41.2 Å². The van der Waals surface area contributed by atoms with Crippen molar-refractivity contribution < 1.29 is 27.8 Å². The Morgan fingerprint density at radius 1 is 1.32 bits per heavy atom. The first kappa shape index (κ1) is 18.4. The Balaban J connectivity index is 1.94. The molecule has 0 fully saturated rings. The van der Waals surface area contributed by atoms with Crippen molar-refractivity contribution in [1.82, 2.24) is 9.78 Å². The van der Waals surface area contributed by atoms with E-state index in [0.29, 0.717) is 11.4 Å². The molecule has 2 aromatic rings. The molecular weight excluding hydrogens is 336 g/mol. The Bertz CT molecular complexity index is 790. The van der Waals surface area contributed by atoms with Gasteiger partial charge in [0.15, 0.2) is 6.61 Å². The molecule has 2 rings (SSSR count). The molecule has 9 heteroatoms. The molecule has 0 atom stereocenters. The third-order valence-electron chi connectivity index (χ3n) is 3.40. The Morgan fingerprint density at radius 2 is 2.04 bits per heavy atom. The van der Waals surface area contributed by atoms with Gasteiger partial charge in [-0.3, -0.25) is 9.48 Å². The third kappa shape index (κ3) is 4.75. The fourth-order valence-electron chi connectivity index (χ4n) is 2.14. The molecule has 1 heterocycles. The molecule has 0 spiro atoms. The van der Waals surface area contributed by atoms with Crippen LogP contribution in [0.4, 0.5) is 14.5 Å². The summed E-state index contributed by atoms with van der Waals surface area (Å²) in [5, 5.41) is 6.78. The molecule has 0 bridgehead atoms. The maximum Gasteiger partial charge on any atom is 0.387 e. The zero-order valence-electron chi connectivity index (χ0n) is 13.9. The molecule has 1 aromatic carbocycles. The summed E-state index contributed by atoms with van der Waals surface area (Å²) in [7, 11) is 1.74. The van der Waals surface area contributed by atoms with Crippen LogP contribution >= 0.6 is 0 Å². The van der Waals surface area contributed by atoms with Crippen molar-refractivity contribution in [2.75, 3.05) is 11.9 Å². The van der Waals surface area contributed by atoms with E-state index in [1.807, 2.05) is 0 Å². The number of esters is 1. The number of aryl methyl sites for hydroxylation is 2. The van der Waals surface area contributed by atoms with E-state index in [1.165, 1.54) is 18.2 Å². The fraction of sp³-hybridized carbons (Fsp3) is 0.312. The maximum atomic E-state index is 12.2. The van der Waals surface area contributed by atoms with Gasteiger partial charge in [0, 0.05) is 7.05 Å². The maximum absolute atomic E-state index is 12.2. The van der Waals surface area contributed by atoms with Gasteiger partial charge in [-0.15, -0.1) is 0 Å². The van der Waals surface area contributed by atoms with Crippen molar-refractivity contribution >= 4 is 17.6 Å². The summed E-state index contributed by atoms with van der Waals surface area (Å²) in [6, 6.07) is 5.14. The standard InChI is InChI=1S/C16H17F2N3O4/c1-9-14(10(2)21(3)20-9)19-13(22)8-24-15(23)11-5-4-6-12(7-11)25-16(17)18/h4-7,16H,8H2,1-3H3,(H,19,22). The highest BCUT2D eigenvalue weighted by atomic mass is 19.3. The van der Waals surface area contributed by atoms with Crippen molar-refractivity contribution in [2.45, 2.75) is 20.5 Å². The van der Waals surface area contributed by atoms with Crippen LogP contribution in [0.5, 0.6) is 5.75 Å². The number of carbonyl (C=O) groups is 2. The number of rotatable bonds is 6. The van der Waals surface area contributed by atoms with Gasteiger partial charge in [-0.05, 0) is 32.0 Å². The molecule has 134 valence electrons. The van der Waals surface area contributed by atoms with Crippen LogP contribution in [0.3, 0.4) is 0 Å². The smallest absolute Gasteiger partial charge is 0.387 e. The van der Waals surface area contributed by atoms with Gasteiger partial charge in [0.05, 0.1) is 22.6 Å². The zero-order chi connectivity index (χ0) is 18.6. The van der Waals surface area contributed by atoms with Gasteiger partial charge in [0.25, 0.3) is 5.91 Å². The number of amides is 1. The monoisotopic (exact) mass is 353 g/mol. The SMILES string of the molecule is Cc1nn(C)c(C)c1NC(=O)COC(=O)c1cccc(OC(F)F)c1. The van der Waals surface area contributed by atoms with Crippen LogP contribution in [0.25, 0.3) is 0 Å². The number of ether oxygens (including phenoxy) is 2. The molecular formula is C16H17F2N3O4. The largest absolute Gasteiger partial charge is 0.452 e. The van der Waals surface area contributed by atoms with Gasteiger partial charge in [-0.1, -0.05) is 6.07 Å². The van der Waals surface area contributed by atoms with E-state index in [4.69, 9.17) is 4.74 Å². The summed E-state index contributed by atoms with van der Waals surface area (Å²) < 4.78 is 35.1. The van der Waals surface area contributed by atoms with Crippen LogP contribution < -0.4 is 10.1 Å². The highest BCUT2D eigenvalue weighted by Crippen LogP contribution is 2.19. The van der Waals surface area contributed by atoms with Crippen LogP contribution in [0.15, 0.2) is 24.3 Å². The lowest BCUT2D eigenvalue weighted by Crippen LogP contribution is -2.21. The predicted molar refractivity (Wildman–Crippen MR) is 84.7 cm³/mol. The molecule has 0 aliphatic rings. The Hall–Kier alpha value is -2.97. The molecule has 0 saturated heterocycles. The van der Waals surface area contributed by atoms with Crippen LogP contribution in [-0.2, 0) is 16.6 Å². The average Bonchev–Trinajstić information content (AvgIpc) is 2.78. The summed E-state index contributed by atoms with van der Waals surface area (Å²) in [4.78, 5) is 23.8. The molecule has 1 amide bonds. The van der Waals surface area contributed by atoms with E-state index in [-0.39, 0.29) is 11.3 Å². The van der Waals surface area contributed by atoms with Crippen LogP contribution in [-0.4, -0.2) is 34.9 Å². The highest BCUT2D eigenvalue weighted by molar-refractivity contribution is 5.96. The lowest BCUT2D eigenvalue weighted by Gasteiger charge is -2.08. The van der Waals surface area contributed by atoms with Gasteiger partial charge in [-0.25, -0.2) is 4.79 Å². The van der Waals surface area contributed by atoms with Gasteiger partial charge in [0.1, 0.15) is 5.75 Å². The second-order valence-electron chi connectivity index (χ2n) is 5.20. The quantitative estimate of drug-likeness (QED) is 0.807. The van der Waals surface area contributed by atoms with E-state index >= 15 is 0 Å². The number of halogens is 2. The number of anilines is 1. The zero-order valence-corrected chi connectivity index (χ0v) is 13.9. The van der Waals surface area contributed by atoms with Crippen molar-refractivity contribution in [1.29, 1.82) is 0 Å². The molecule has 0 aliphatic carbocycles. The predicted octanol–water partition coefficient (Wildman–Crippen LogP) is 2.43. The number of nitrogens with one attached hydrogen (secondary N) is 1. The van der Waals surface area contributed by atoms with Crippen molar-refractivity contribution in [2.24, 2.45) is 7.05 Å². The van der Waals surface area contributed by atoms with Crippen molar-refractivity contribution in [3.8, 4) is 5.75 Å². The topological polar surface area (TPSA) is 82.5 Å². The number of carbonyl (C=O) groups excluding carboxylic acids is 2. The lowest BCUT2D eigenvalue weighted by molar-refractivity contribution is -0.119. The number of aromatic nitrogens is 2. The normalized spacial score (nSPS) is 10.6. The summed E-state index contributed by atoms with van der Waals surface area (Å²) in [5.41, 5.74) is 1.95. The van der Waals surface area contributed by atoms with Crippen LogP contribution in [0.1, 0.15) is 21.7 Å². The first-order chi connectivity index (χ1) is 11.8. The second-order valence-corrected chi connectivity index (χ2v) is 5.20. The lowest BCUT2D eigenvalue weighted by atomic mass is 10.2. The molecule has 0 saturated carbocycles. The molecule has 0 unspecified atom stereocenters. The Kier molecular flexibility index (Phi) is 5.68. The van der Waals surface area contributed by atoms with Gasteiger partial charge >= 0.3 is 12.6 Å². The number of alkyl halides is 2. The minimum atomic E-state index is -3.00. The van der Waals surface area contributed by atoms with Gasteiger partial charge in [0.2, 0.25) is 0 Å². The minimum Gasteiger partial charge on any atom is -0.452 e. The third-order valence-corrected chi connectivity index (χ3v) is 3.40. The first-order valence-electron chi connectivity index (χ1n) is 7.30. The number of hydrogen-bond acceptors (Lipinski definition) is 5. The van der Waals surface area contributed by atoms with Gasteiger partial charge in [-0.2, -0.15) is 13.9 Å². The summed E-state index contributed by atoms with van der Waals surface area (Å²) >= 11 is 0. The van der Waals surface area contributed by atoms with E-state index in [2.05, 4.69) is 15.2 Å². The Morgan fingerprint density at radius 3 is 2.64 bits per heavy atom. The first-order valence-corrected chi connectivity index (χ1v) is 7.30. The molecule has 0 aliphatic heterocycles.